The second-order valence-corrected chi connectivity index (χ2v) is 3.48. The zero-order chi connectivity index (χ0) is 10.0. The van der Waals surface area contributed by atoms with Crippen molar-refractivity contribution >= 4 is 0 Å². The highest BCUT2D eigenvalue weighted by Crippen LogP contribution is 2.32. The van der Waals surface area contributed by atoms with Gasteiger partial charge in [-0.2, -0.15) is 0 Å². The van der Waals surface area contributed by atoms with E-state index in [1.54, 1.807) is 0 Å². The monoisotopic (exact) mass is 188 g/mol. The van der Waals surface area contributed by atoms with Gasteiger partial charge in [-0.1, -0.05) is 13.8 Å². The minimum Gasteiger partial charge on any atom is -0.377 e. The van der Waals surface area contributed by atoms with E-state index in [0.29, 0.717) is 5.57 Å². The Bertz CT molecular complexity index is 254. The Morgan fingerprint density at radius 2 is 2.08 bits per heavy atom. The summed E-state index contributed by atoms with van der Waals surface area (Å²) >= 11 is 0. The van der Waals surface area contributed by atoms with E-state index in [0.717, 1.165) is 6.08 Å². The molecule has 1 atom stereocenters. The van der Waals surface area contributed by atoms with Gasteiger partial charge in [0.2, 0.25) is 0 Å². The van der Waals surface area contributed by atoms with Crippen LogP contribution in [0.25, 0.3) is 0 Å². The van der Waals surface area contributed by atoms with Crippen LogP contribution in [0.3, 0.4) is 0 Å². The maximum atomic E-state index is 13.3. The molecule has 0 spiro atoms. The second kappa shape index (κ2) is 4.01. The molecule has 0 N–H and O–H groups in total. The molecule has 0 bridgehead atoms. The Balaban J connectivity index is 3.00. The van der Waals surface area contributed by atoms with E-state index in [-0.39, 0.29) is 12.3 Å². The van der Waals surface area contributed by atoms with Crippen molar-refractivity contribution in [1.82, 2.24) is 0 Å². The lowest BCUT2D eigenvalue weighted by atomic mass is 9.91. The molecule has 3 heteroatoms. The molecule has 13 heavy (non-hydrogen) atoms. The molecular weight excluding hydrogens is 174 g/mol. The maximum Gasteiger partial charge on any atom is 0.127 e. The van der Waals surface area contributed by atoms with Crippen molar-refractivity contribution in [2.45, 2.75) is 26.4 Å². The van der Waals surface area contributed by atoms with Gasteiger partial charge in [0.05, 0.1) is 6.10 Å². The molecule has 0 saturated carbocycles. The molecule has 0 saturated heterocycles. The van der Waals surface area contributed by atoms with E-state index in [2.05, 4.69) is 0 Å². The molecule has 0 fully saturated rings. The Morgan fingerprint density at radius 1 is 1.46 bits per heavy atom. The number of ether oxygens (including phenoxy) is 1. The molecular formula is C10H14F2O. The number of rotatable bonds is 2. The average molecular weight is 188 g/mol. The second-order valence-electron chi connectivity index (χ2n) is 3.48. The molecule has 74 valence electrons. The van der Waals surface area contributed by atoms with E-state index >= 15 is 0 Å². The van der Waals surface area contributed by atoms with Crippen LogP contribution in [-0.2, 0) is 4.74 Å². The van der Waals surface area contributed by atoms with Crippen molar-refractivity contribution in [3.8, 4) is 0 Å². The predicted octanol–water partition coefficient (Wildman–Crippen LogP) is 3.14. The van der Waals surface area contributed by atoms with Crippen LogP contribution in [0, 0.1) is 5.92 Å². The van der Waals surface area contributed by atoms with Crippen LogP contribution in [0.2, 0.25) is 0 Å². The Labute approximate surface area is 77.1 Å². The number of methoxy groups -OCH3 is 1. The lowest BCUT2D eigenvalue weighted by Crippen LogP contribution is -2.21. The van der Waals surface area contributed by atoms with E-state index in [9.17, 15) is 8.78 Å². The van der Waals surface area contributed by atoms with Crippen LogP contribution in [0.4, 0.5) is 8.78 Å². The zero-order valence-corrected chi connectivity index (χ0v) is 8.10. The fraction of sp³-hybridized carbons (Fsp3) is 0.600. The van der Waals surface area contributed by atoms with Gasteiger partial charge in [0.15, 0.2) is 0 Å². The van der Waals surface area contributed by atoms with Crippen molar-refractivity contribution < 1.29 is 13.5 Å². The van der Waals surface area contributed by atoms with E-state index < -0.39 is 17.8 Å². The summed E-state index contributed by atoms with van der Waals surface area (Å²) in [6.07, 6.45) is 0.660. The smallest absolute Gasteiger partial charge is 0.127 e. The molecule has 0 aromatic heterocycles. The Hall–Kier alpha value is -0.700. The number of allylic oxidation sites excluding steroid dienone is 2. The summed E-state index contributed by atoms with van der Waals surface area (Å²) in [7, 11) is 1.47. The maximum absolute atomic E-state index is 13.3. The van der Waals surface area contributed by atoms with Crippen molar-refractivity contribution in [3.63, 3.8) is 0 Å². The Morgan fingerprint density at radius 3 is 2.54 bits per heavy atom. The topological polar surface area (TPSA) is 9.23 Å². The molecule has 0 aliphatic heterocycles. The number of halogens is 2. The van der Waals surface area contributed by atoms with Crippen LogP contribution >= 0.6 is 0 Å². The van der Waals surface area contributed by atoms with Crippen LogP contribution in [0.5, 0.6) is 0 Å². The summed E-state index contributed by atoms with van der Waals surface area (Å²) in [5.41, 5.74) is 0.559. The molecule has 0 aromatic carbocycles. The fourth-order valence-electron chi connectivity index (χ4n) is 1.58. The van der Waals surface area contributed by atoms with Gasteiger partial charge in [-0.05, 0) is 11.5 Å². The summed E-state index contributed by atoms with van der Waals surface area (Å²) < 4.78 is 31.1. The number of hydrogen-bond donors (Lipinski definition) is 0. The standard InChI is InChI=1S/C10H14F2O/c1-6(2)10-8(12)4-7(11)5-9(10)13-3/h4,6,9H,5H2,1-3H3. The summed E-state index contributed by atoms with van der Waals surface area (Å²) in [5.74, 6) is -0.881. The van der Waals surface area contributed by atoms with Gasteiger partial charge in [0, 0.05) is 19.6 Å². The average Bonchev–Trinajstić information content (AvgIpc) is 2.01. The third kappa shape index (κ3) is 2.15. The van der Waals surface area contributed by atoms with Crippen molar-refractivity contribution in [3.05, 3.63) is 23.3 Å². The molecule has 1 nitrogen and oxygen atoms in total. The van der Waals surface area contributed by atoms with Gasteiger partial charge in [-0.25, -0.2) is 8.78 Å². The predicted molar refractivity (Wildman–Crippen MR) is 47.6 cm³/mol. The minimum absolute atomic E-state index is 0.0503. The van der Waals surface area contributed by atoms with E-state index in [1.165, 1.54) is 7.11 Å². The molecule has 0 heterocycles. The van der Waals surface area contributed by atoms with Crippen LogP contribution in [0.1, 0.15) is 20.3 Å². The zero-order valence-electron chi connectivity index (χ0n) is 8.10. The van der Waals surface area contributed by atoms with Gasteiger partial charge in [0.25, 0.3) is 0 Å². The van der Waals surface area contributed by atoms with Gasteiger partial charge < -0.3 is 4.74 Å². The first kappa shape index (κ1) is 10.4. The minimum atomic E-state index is -0.481. The van der Waals surface area contributed by atoms with Crippen molar-refractivity contribution in [1.29, 1.82) is 0 Å². The summed E-state index contributed by atoms with van der Waals surface area (Å²) in [6, 6.07) is 0. The first-order valence-electron chi connectivity index (χ1n) is 4.34. The molecule has 1 aliphatic rings. The first-order valence-corrected chi connectivity index (χ1v) is 4.34. The molecule has 1 unspecified atom stereocenters. The Kier molecular flexibility index (Phi) is 3.20. The normalized spacial score (nSPS) is 23.8. The largest absolute Gasteiger partial charge is 0.377 e. The van der Waals surface area contributed by atoms with Gasteiger partial charge in [-0.3, -0.25) is 0 Å². The quantitative estimate of drug-likeness (QED) is 0.646. The van der Waals surface area contributed by atoms with E-state index in [4.69, 9.17) is 4.74 Å². The highest BCUT2D eigenvalue weighted by molar-refractivity contribution is 5.31. The summed E-state index contributed by atoms with van der Waals surface area (Å²) in [4.78, 5) is 0. The van der Waals surface area contributed by atoms with E-state index in [1.807, 2.05) is 13.8 Å². The van der Waals surface area contributed by atoms with Gasteiger partial charge >= 0.3 is 0 Å². The first-order chi connectivity index (χ1) is 6.06. The number of hydrogen-bond acceptors (Lipinski definition) is 1. The lowest BCUT2D eigenvalue weighted by molar-refractivity contribution is 0.114. The lowest BCUT2D eigenvalue weighted by Gasteiger charge is -2.24. The molecule has 1 aliphatic carbocycles. The third-order valence-electron chi connectivity index (χ3n) is 2.19. The van der Waals surface area contributed by atoms with Crippen molar-refractivity contribution in [2.24, 2.45) is 5.92 Å². The SMILES string of the molecule is COC1CC(F)=CC(F)=C1C(C)C. The molecule has 0 radical (unpaired) electrons. The van der Waals surface area contributed by atoms with Crippen LogP contribution in [0.15, 0.2) is 23.3 Å². The molecule has 1 rings (SSSR count). The summed E-state index contributed by atoms with van der Waals surface area (Å²) in [5, 5.41) is 0. The fourth-order valence-corrected chi connectivity index (χ4v) is 1.58. The van der Waals surface area contributed by atoms with Gasteiger partial charge in [0.1, 0.15) is 11.7 Å². The third-order valence-corrected chi connectivity index (χ3v) is 2.19. The van der Waals surface area contributed by atoms with Crippen LogP contribution in [-0.4, -0.2) is 13.2 Å². The highest BCUT2D eigenvalue weighted by Gasteiger charge is 2.26. The highest BCUT2D eigenvalue weighted by atomic mass is 19.1. The van der Waals surface area contributed by atoms with Crippen LogP contribution < -0.4 is 0 Å². The summed E-state index contributed by atoms with van der Waals surface area (Å²) in [6.45, 7) is 3.75. The molecule has 0 aromatic rings. The molecule has 0 amide bonds. The van der Waals surface area contributed by atoms with Gasteiger partial charge in [-0.15, -0.1) is 0 Å². The van der Waals surface area contributed by atoms with Crippen molar-refractivity contribution in [2.75, 3.05) is 7.11 Å².